The highest BCUT2D eigenvalue weighted by Crippen LogP contribution is 2.32. The Kier molecular flexibility index (Phi) is 4.22. The number of rotatable bonds is 3. The van der Waals surface area contributed by atoms with Crippen LogP contribution in [0.4, 0.5) is 0 Å². The van der Waals surface area contributed by atoms with Crippen LogP contribution in [-0.4, -0.2) is 8.42 Å². The van der Waals surface area contributed by atoms with Gasteiger partial charge in [-0.3, -0.25) is 0 Å². The van der Waals surface area contributed by atoms with Gasteiger partial charge in [-0.15, -0.1) is 0 Å². The summed E-state index contributed by atoms with van der Waals surface area (Å²) in [7, 11) is -3.39. The smallest absolute Gasteiger partial charge is 0.200 e. The van der Waals surface area contributed by atoms with Gasteiger partial charge < -0.3 is 0 Å². The number of fused-ring (bicyclic) bond motifs is 1. The molecular weight excluding hydrogens is 304 g/mol. The molecule has 23 heavy (non-hydrogen) atoms. The van der Waals surface area contributed by atoms with Crippen molar-refractivity contribution in [3.8, 4) is 0 Å². The molecule has 2 aromatic rings. The predicted octanol–water partition coefficient (Wildman–Crippen LogP) is 4.70. The molecule has 0 fully saturated rings. The summed E-state index contributed by atoms with van der Waals surface area (Å²) in [4.78, 5) is 0.404. The Morgan fingerprint density at radius 2 is 1.65 bits per heavy atom. The molecule has 2 aromatic carbocycles. The van der Waals surface area contributed by atoms with E-state index in [0.717, 1.165) is 23.1 Å². The van der Waals surface area contributed by atoms with Gasteiger partial charge in [-0.25, -0.2) is 8.42 Å². The van der Waals surface area contributed by atoms with E-state index in [0.29, 0.717) is 11.3 Å². The minimum atomic E-state index is -3.39. The maximum absolute atomic E-state index is 12.6. The third-order valence-electron chi connectivity index (χ3n) is 4.13. The van der Waals surface area contributed by atoms with Gasteiger partial charge in [-0.1, -0.05) is 61.0 Å². The van der Waals surface area contributed by atoms with Gasteiger partial charge in [0.25, 0.3) is 0 Å². The summed E-state index contributed by atoms with van der Waals surface area (Å²) in [5.74, 6) is 0. The molecule has 0 unspecified atom stereocenters. The van der Waals surface area contributed by atoms with E-state index in [1.165, 1.54) is 16.5 Å². The van der Waals surface area contributed by atoms with E-state index in [2.05, 4.69) is 31.2 Å². The fourth-order valence-corrected chi connectivity index (χ4v) is 4.37. The molecule has 0 saturated carbocycles. The van der Waals surface area contributed by atoms with Gasteiger partial charge in [0, 0.05) is 5.41 Å². The van der Waals surface area contributed by atoms with Crippen LogP contribution in [0.25, 0.3) is 5.57 Å². The summed E-state index contributed by atoms with van der Waals surface area (Å²) >= 11 is 0. The van der Waals surface area contributed by atoms with Crippen LogP contribution in [0.1, 0.15) is 30.0 Å². The largest absolute Gasteiger partial charge is 0.219 e. The van der Waals surface area contributed by atoms with Crippen molar-refractivity contribution >= 4 is 15.4 Å². The monoisotopic (exact) mass is 324 g/mol. The Labute approximate surface area is 138 Å². The number of hydrogen-bond donors (Lipinski definition) is 0. The van der Waals surface area contributed by atoms with Crippen LogP contribution in [0.2, 0.25) is 0 Å². The van der Waals surface area contributed by atoms with Crippen molar-refractivity contribution in [3.63, 3.8) is 0 Å². The molecule has 0 amide bonds. The summed E-state index contributed by atoms with van der Waals surface area (Å²) in [6.07, 6.45) is 3.46. The summed E-state index contributed by atoms with van der Waals surface area (Å²) in [5.41, 5.74) is 5.13. The molecule has 2 nitrogen and oxygen atoms in total. The fraction of sp³-hybridized carbons (Fsp3) is 0.200. The van der Waals surface area contributed by atoms with Crippen molar-refractivity contribution in [3.05, 3.63) is 82.3 Å². The average Bonchev–Trinajstić information content (AvgIpc) is 2.65. The van der Waals surface area contributed by atoms with Crippen LogP contribution < -0.4 is 0 Å². The Balaban J connectivity index is 2.12. The lowest BCUT2D eigenvalue weighted by atomic mass is 9.95. The van der Waals surface area contributed by atoms with Gasteiger partial charge in [0.1, 0.15) is 0 Å². The Bertz CT molecular complexity index is 885. The topological polar surface area (TPSA) is 34.1 Å². The molecule has 0 aromatic heterocycles. The second kappa shape index (κ2) is 6.17. The Hall–Kier alpha value is -2.13. The molecule has 1 aliphatic rings. The molecule has 3 heteroatoms. The molecule has 0 radical (unpaired) electrons. The Morgan fingerprint density at radius 3 is 2.35 bits per heavy atom. The maximum atomic E-state index is 12.6. The van der Waals surface area contributed by atoms with Crippen LogP contribution in [0.5, 0.6) is 0 Å². The third-order valence-corrected chi connectivity index (χ3v) is 5.71. The summed E-state index contributed by atoms with van der Waals surface area (Å²) in [6, 6.07) is 15.7. The van der Waals surface area contributed by atoms with Gasteiger partial charge in [-0.2, -0.15) is 0 Å². The van der Waals surface area contributed by atoms with Gasteiger partial charge in [-0.05, 0) is 48.1 Å². The second-order valence-corrected chi connectivity index (χ2v) is 7.68. The van der Waals surface area contributed by atoms with E-state index in [4.69, 9.17) is 0 Å². The highest BCUT2D eigenvalue weighted by atomic mass is 32.2. The van der Waals surface area contributed by atoms with Crippen LogP contribution in [0, 0.1) is 6.92 Å². The van der Waals surface area contributed by atoms with E-state index in [-0.39, 0.29) is 0 Å². The molecule has 0 saturated heterocycles. The molecule has 118 valence electrons. The van der Waals surface area contributed by atoms with Crippen molar-refractivity contribution < 1.29 is 8.42 Å². The zero-order valence-electron chi connectivity index (χ0n) is 13.4. The average molecular weight is 324 g/mol. The number of benzene rings is 2. The van der Waals surface area contributed by atoms with Crippen LogP contribution in [0.15, 0.2) is 70.5 Å². The number of allylic oxidation sites excluding steroid dienone is 3. The normalized spacial score (nSPS) is 16.1. The van der Waals surface area contributed by atoms with E-state index in [1.54, 1.807) is 12.1 Å². The first kappa shape index (κ1) is 15.8. The quantitative estimate of drug-likeness (QED) is 0.820. The lowest BCUT2D eigenvalue weighted by molar-refractivity contribution is 0.604. The molecule has 0 bridgehead atoms. The number of aryl methyl sites for hydroxylation is 1. The van der Waals surface area contributed by atoms with E-state index in [9.17, 15) is 8.42 Å². The van der Waals surface area contributed by atoms with E-state index in [1.807, 2.05) is 25.1 Å². The van der Waals surface area contributed by atoms with Crippen molar-refractivity contribution in [1.82, 2.24) is 0 Å². The third kappa shape index (κ3) is 3.30. The zero-order chi connectivity index (χ0) is 16.4. The van der Waals surface area contributed by atoms with Gasteiger partial charge in [0.2, 0.25) is 9.84 Å². The maximum Gasteiger partial charge on any atom is 0.200 e. The first-order chi connectivity index (χ1) is 11.0. The van der Waals surface area contributed by atoms with Crippen LogP contribution >= 0.6 is 0 Å². The fourth-order valence-electron chi connectivity index (χ4n) is 2.84. The zero-order valence-corrected chi connectivity index (χ0v) is 14.2. The lowest BCUT2D eigenvalue weighted by Gasteiger charge is -2.11. The van der Waals surface area contributed by atoms with Gasteiger partial charge in [0.15, 0.2) is 0 Å². The molecule has 1 aliphatic heterocycles. The first-order valence-electron chi connectivity index (χ1n) is 7.81. The molecule has 0 aliphatic carbocycles. The minimum absolute atomic E-state index is 0.404. The van der Waals surface area contributed by atoms with Crippen LogP contribution in [0.3, 0.4) is 0 Å². The summed E-state index contributed by atoms with van der Waals surface area (Å²) in [6.45, 7) is 4.05. The van der Waals surface area contributed by atoms with Gasteiger partial charge in [0.05, 0.1) is 4.90 Å². The summed E-state index contributed by atoms with van der Waals surface area (Å²) < 4.78 is 25.2. The lowest BCUT2D eigenvalue weighted by Crippen LogP contribution is -2.01. The number of sulfone groups is 1. The van der Waals surface area contributed by atoms with E-state index < -0.39 is 9.84 Å². The molecule has 0 N–H and O–H groups in total. The molecule has 1 heterocycles. The molecular formula is C20H20O2S. The summed E-state index contributed by atoms with van der Waals surface area (Å²) in [5, 5.41) is 1.41. The Morgan fingerprint density at radius 1 is 0.957 bits per heavy atom. The highest BCUT2D eigenvalue weighted by Gasteiger charge is 2.22. The first-order valence-corrected chi connectivity index (χ1v) is 9.35. The van der Waals surface area contributed by atoms with Crippen molar-refractivity contribution in [1.29, 1.82) is 0 Å². The second-order valence-electron chi connectivity index (χ2n) is 5.92. The van der Waals surface area contributed by atoms with Crippen molar-refractivity contribution in [2.45, 2.75) is 31.6 Å². The standard InChI is InChI=1S/C20H20O2S/c1-3-16-12-18(13-17-10-8-15(2)9-11-17)19-6-4-5-7-20(19)23(21,22)14-16/h4-12,14H,3,13H2,1-2H3. The minimum Gasteiger partial charge on any atom is -0.219 e. The molecule has 0 atom stereocenters. The predicted molar refractivity (Wildman–Crippen MR) is 94.9 cm³/mol. The molecule has 3 rings (SSSR count). The number of hydrogen-bond acceptors (Lipinski definition) is 2. The van der Waals surface area contributed by atoms with Crippen LogP contribution in [-0.2, 0) is 16.3 Å². The molecule has 0 spiro atoms. The van der Waals surface area contributed by atoms with Crippen molar-refractivity contribution in [2.75, 3.05) is 0 Å². The SMILES string of the molecule is CCC1=CS(=O)(=O)c2ccccc2C(Cc2ccc(C)cc2)=C1. The van der Waals surface area contributed by atoms with Crippen molar-refractivity contribution in [2.24, 2.45) is 0 Å². The van der Waals surface area contributed by atoms with Gasteiger partial charge >= 0.3 is 0 Å². The van der Waals surface area contributed by atoms with E-state index >= 15 is 0 Å². The highest BCUT2D eigenvalue weighted by molar-refractivity contribution is 7.94.